The van der Waals surface area contributed by atoms with Crippen molar-refractivity contribution in [1.82, 2.24) is 0 Å². The third-order valence-electron chi connectivity index (χ3n) is 4.68. The van der Waals surface area contributed by atoms with Gasteiger partial charge in [-0.25, -0.2) is 13.2 Å². The highest BCUT2D eigenvalue weighted by Crippen LogP contribution is 2.30. The fraction of sp³-hybridized carbons (Fsp3) is 0.333. The Balaban J connectivity index is 1.58. The van der Waals surface area contributed by atoms with Crippen molar-refractivity contribution in [2.24, 2.45) is 0 Å². The monoisotopic (exact) mass is 417 g/mol. The van der Waals surface area contributed by atoms with E-state index in [4.69, 9.17) is 9.47 Å². The molecule has 0 amide bonds. The molecule has 2 aromatic carbocycles. The van der Waals surface area contributed by atoms with Gasteiger partial charge in [-0.2, -0.15) is 0 Å². The van der Waals surface area contributed by atoms with Crippen molar-refractivity contribution in [3.05, 3.63) is 59.2 Å². The highest BCUT2D eigenvalue weighted by atomic mass is 32.2. The van der Waals surface area contributed by atoms with Crippen LogP contribution in [0.15, 0.2) is 42.5 Å². The van der Waals surface area contributed by atoms with Gasteiger partial charge in [0.1, 0.15) is 5.75 Å². The summed E-state index contributed by atoms with van der Waals surface area (Å²) in [5, 5.41) is 0. The Morgan fingerprint density at radius 1 is 1.10 bits per heavy atom. The van der Waals surface area contributed by atoms with Crippen molar-refractivity contribution < 1.29 is 27.5 Å². The highest BCUT2D eigenvalue weighted by Gasteiger charge is 2.24. The number of hydrogen-bond donors (Lipinski definition) is 0. The Hall–Kier alpha value is -2.87. The summed E-state index contributed by atoms with van der Waals surface area (Å²) < 4.78 is 35.6. The lowest BCUT2D eigenvalue weighted by molar-refractivity contribution is -0.144. The number of esters is 1. The minimum Gasteiger partial charge on any atom is -0.482 e. The van der Waals surface area contributed by atoms with E-state index in [1.165, 1.54) is 10.6 Å². The Bertz CT molecular complexity index is 1030. The lowest BCUT2D eigenvalue weighted by Gasteiger charge is -2.29. The Morgan fingerprint density at radius 3 is 2.59 bits per heavy atom. The van der Waals surface area contributed by atoms with Crippen molar-refractivity contribution in [1.29, 1.82) is 0 Å². The second kappa shape index (κ2) is 8.65. The van der Waals surface area contributed by atoms with E-state index in [0.29, 0.717) is 36.4 Å². The molecular formula is C21H23NO6S. The summed E-state index contributed by atoms with van der Waals surface area (Å²) in [7, 11) is -3.36. The van der Waals surface area contributed by atoms with Gasteiger partial charge in [0.2, 0.25) is 10.0 Å². The normalized spacial score (nSPS) is 13.5. The van der Waals surface area contributed by atoms with E-state index in [9.17, 15) is 18.0 Å². The first-order valence-corrected chi connectivity index (χ1v) is 11.1. The predicted molar refractivity (Wildman–Crippen MR) is 109 cm³/mol. The summed E-state index contributed by atoms with van der Waals surface area (Å²) in [6.45, 7) is 1.61. The predicted octanol–water partition coefficient (Wildman–Crippen LogP) is 2.51. The van der Waals surface area contributed by atoms with Gasteiger partial charge >= 0.3 is 5.97 Å². The van der Waals surface area contributed by atoms with E-state index in [1.54, 1.807) is 30.3 Å². The van der Waals surface area contributed by atoms with E-state index in [0.717, 1.165) is 11.1 Å². The number of ketones is 1. The number of carbonyl (C=O) groups is 2. The van der Waals surface area contributed by atoms with Gasteiger partial charge in [-0.1, -0.05) is 18.2 Å². The zero-order valence-corrected chi connectivity index (χ0v) is 17.2. The average molecular weight is 417 g/mol. The average Bonchev–Trinajstić information content (AvgIpc) is 2.69. The smallest absolute Gasteiger partial charge is 0.344 e. The van der Waals surface area contributed by atoms with Crippen LogP contribution in [0.5, 0.6) is 5.75 Å². The van der Waals surface area contributed by atoms with Gasteiger partial charge in [0.25, 0.3) is 0 Å². The topological polar surface area (TPSA) is 90.0 Å². The van der Waals surface area contributed by atoms with E-state index < -0.39 is 22.6 Å². The van der Waals surface area contributed by atoms with Crippen LogP contribution in [0.4, 0.5) is 5.69 Å². The molecule has 0 spiro atoms. The quantitative estimate of drug-likeness (QED) is 0.508. The van der Waals surface area contributed by atoms with E-state index in [1.807, 2.05) is 19.1 Å². The van der Waals surface area contributed by atoms with Gasteiger partial charge in [0.15, 0.2) is 19.0 Å². The van der Waals surface area contributed by atoms with Crippen LogP contribution in [0, 0.1) is 6.92 Å². The molecule has 0 bridgehead atoms. The van der Waals surface area contributed by atoms with Crippen LogP contribution in [-0.4, -0.2) is 46.2 Å². The summed E-state index contributed by atoms with van der Waals surface area (Å²) in [6, 6.07) is 12.2. The highest BCUT2D eigenvalue weighted by molar-refractivity contribution is 7.92. The molecule has 0 fully saturated rings. The van der Waals surface area contributed by atoms with Crippen LogP contribution in [-0.2, 0) is 26.0 Å². The van der Waals surface area contributed by atoms with Crippen LogP contribution in [0.25, 0.3) is 0 Å². The largest absolute Gasteiger partial charge is 0.482 e. The fourth-order valence-corrected chi connectivity index (χ4v) is 4.20. The lowest BCUT2D eigenvalue weighted by atomic mass is 9.99. The summed E-state index contributed by atoms with van der Waals surface area (Å²) in [6.07, 6.45) is 2.54. The number of carbonyl (C=O) groups excluding carboxylic acids is 2. The number of Topliss-reactive ketones (excluding diaryl/α,β-unsaturated/α-hetero) is 1. The maximum atomic E-state index is 12.4. The molecule has 1 aliphatic heterocycles. The molecule has 0 saturated heterocycles. The minimum atomic E-state index is -3.36. The van der Waals surface area contributed by atoms with Crippen LogP contribution < -0.4 is 9.04 Å². The Morgan fingerprint density at radius 2 is 1.86 bits per heavy atom. The second-order valence-electron chi connectivity index (χ2n) is 6.92. The number of hydrogen-bond acceptors (Lipinski definition) is 6. The van der Waals surface area contributed by atoms with Crippen LogP contribution in [0.1, 0.15) is 27.9 Å². The van der Waals surface area contributed by atoms with Crippen molar-refractivity contribution in [2.45, 2.75) is 19.8 Å². The molecule has 0 unspecified atom stereocenters. The number of sulfonamides is 1. The second-order valence-corrected chi connectivity index (χ2v) is 8.83. The zero-order chi connectivity index (χ0) is 21.0. The number of aryl methyl sites for hydroxylation is 2. The third-order valence-corrected chi connectivity index (χ3v) is 5.86. The van der Waals surface area contributed by atoms with Gasteiger partial charge in [0, 0.05) is 12.1 Å². The van der Waals surface area contributed by atoms with E-state index in [-0.39, 0.29) is 12.4 Å². The van der Waals surface area contributed by atoms with Gasteiger partial charge < -0.3 is 9.47 Å². The van der Waals surface area contributed by atoms with E-state index >= 15 is 0 Å². The molecule has 3 rings (SSSR count). The first-order valence-electron chi connectivity index (χ1n) is 9.23. The molecule has 154 valence electrons. The van der Waals surface area contributed by atoms with Crippen LogP contribution in [0.2, 0.25) is 0 Å². The molecule has 1 aliphatic rings. The van der Waals surface area contributed by atoms with Crippen molar-refractivity contribution in [2.75, 3.05) is 30.3 Å². The molecule has 7 nitrogen and oxygen atoms in total. The molecule has 0 atom stereocenters. The van der Waals surface area contributed by atoms with Crippen molar-refractivity contribution in [3.63, 3.8) is 0 Å². The zero-order valence-electron chi connectivity index (χ0n) is 16.4. The molecule has 8 heteroatoms. The van der Waals surface area contributed by atoms with Gasteiger partial charge in [0.05, 0.1) is 11.9 Å². The van der Waals surface area contributed by atoms with E-state index in [2.05, 4.69) is 0 Å². The SMILES string of the molecule is Cc1ccccc1OCC(=O)OCC(=O)c1ccc2c(c1)CCCN2S(C)(=O)=O. The number of ether oxygens (including phenoxy) is 2. The molecule has 0 N–H and O–H groups in total. The van der Waals surface area contributed by atoms with Crippen LogP contribution >= 0.6 is 0 Å². The maximum Gasteiger partial charge on any atom is 0.344 e. The number of nitrogens with zero attached hydrogens (tertiary/aromatic N) is 1. The number of benzene rings is 2. The molecule has 2 aromatic rings. The Labute approximate surface area is 170 Å². The minimum absolute atomic E-state index is 0.286. The number of anilines is 1. The Kier molecular flexibility index (Phi) is 6.22. The summed E-state index contributed by atoms with van der Waals surface area (Å²) in [4.78, 5) is 24.3. The van der Waals surface area contributed by atoms with Gasteiger partial charge in [-0.05, 0) is 55.2 Å². The summed E-state index contributed by atoms with van der Waals surface area (Å²) >= 11 is 0. The van der Waals surface area contributed by atoms with Gasteiger partial charge in [-0.3, -0.25) is 9.10 Å². The molecule has 0 saturated carbocycles. The molecule has 0 aliphatic carbocycles. The molecule has 0 radical (unpaired) electrons. The first-order chi connectivity index (χ1) is 13.8. The molecule has 1 heterocycles. The lowest BCUT2D eigenvalue weighted by Crippen LogP contribution is -2.34. The van der Waals surface area contributed by atoms with Crippen LogP contribution in [0.3, 0.4) is 0 Å². The molecule has 0 aromatic heterocycles. The number of fused-ring (bicyclic) bond motifs is 1. The number of para-hydroxylation sites is 1. The van der Waals surface area contributed by atoms with Crippen molar-refractivity contribution >= 4 is 27.5 Å². The van der Waals surface area contributed by atoms with Gasteiger partial charge in [-0.15, -0.1) is 0 Å². The molecule has 29 heavy (non-hydrogen) atoms. The molecular weight excluding hydrogens is 394 g/mol. The third kappa shape index (κ3) is 5.14. The maximum absolute atomic E-state index is 12.4. The number of rotatable bonds is 7. The fourth-order valence-electron chi connectivity index (χ4n) is 3.21. The summed E-state index contributed by atoms with van der Waals surface area (Å²) in [5.41, 5.74) is 2.67. The first kappa shape index (κ1) is 20.9. The van der Waals surface area contributed by atoms with Crippen molar-refractivity contribution in [3.8, 4) is 5.75 Å². The standard InChI is InChI=1S/C21H23NO6S/c1-15-6-3-4-8-20(15)27-14-21(24)28-13-19(23)17-9-10-18-16(12-17)7-5-11-22(18)29(2,25)26/h3-4,6,8-10,12H,5,7,11,13-14H2,1-2H3. The summed E-state index contributed by atoms with van der Waals surface area (Å²) in [5.74, 6) is -0.405.